The summed E-state index contributed by atoms with van der Waals surface area (Å²) in [6.07, 6.45) is 0. The Morgan fingerprint density at radius 3 is 2.64 bits per heavy atom. The summed E-state index contributed by atoms with van der Waals surface area (Å²) in [4.78, 5) is 6.46. The molecule has 0 radical (unpaired) electrons. The van der Waals surface area contributed by atoms with E-state index in [1.165, 1.54) is 5.56 Å². The lowest BCUT2D eigenvalue weighted by Crippen LogP contribution is -2.37. The van der Waals surface area contributed by atoms with Crippen LogP contribution in [-0.4, -0.2) is 38.7 Å². The van der Waals surface area contributed by atoms with Crippen molar-refractivity contribution in [2.45, 2.75) is 20.0 Å². The molecule has 0 spiro atoms. The quantitative estimate of drug-likeness (QED) is 0.374. The van der Waals surface area contributed by atoms with Crippen molar-refractivity contribution in [3.05, 3.63) is 46.2 Å². The molecule has 0 saturated heterocycles. The van der Waals surface area contributed by atoms with Crippen molar-refractivity contribution in [3.63, 3.8) is 0 Å². The average Bonchev–Trinajstić information content (AvgIpc) is 3.09. The van der Waals surface area contributed by atoms with Gasteiger partial charge in [-0.3, -0.25) is 4.99 Å². The number of ether oxygens (including phenoxy) is 2. The van der Waals surface area contributed by atoms with Gasteiger partial charge in [0.05, 0.1) is 13.7 Å². The molecule has 0 fully saturated rings. The van der Waals surface area contributed by atoms with Crippen molar-refractivity contribution in [3.8, 4) is 11.5 Å². The summed E-state index contributed by atoms with van der Waals surface area (Å²) in [5.41, 5.74) is 2.40. The first-order chi connectivity index (χ1) is 11.7. The van der Waals surface area contributed by atoms with Crippen LogP contribution in [0.15, 0.2) is 40.0 Å². The van der Waals surface area contributed by atoms with Gasteiger partial charge in [-0.2, -0.15) is 11.3 Å². The second-order valence-electron chi connectivity index (χ2n) is 5.31. The van der Waals surface area contributed by atoms with Crippen LogP contribution in [0.5, 0.6) is 11.5 Å². The lowest BCUT2D eigenvalue weighted by atomic mass is 10.2. The number of hydrogen-bond acceptors (Lipinski definition) is 4. The van der Waals surface area contributed by atoms with E-state index in [2.05, 4.69) is 32.0 Å². The molecule has 2 aromatic rings. The number of nitrogens with zero attached hydrogens (tertiary/aromatic N) is 2. The molecule has 5 nitrogen and oxygen atoms in total. The molecule has 1 aromatic heterocycles. The van der Waals surface area contributed by atoms with Gasteiger partial charge < -0.3 is 19.7 Å². The molecule has 7 heteroatoms. The minimum atomic E-state index is 0. The normalized spacial score (nSPS) is 10.8. The highest BCUT2D eigenvalue weighted by atomic mass is 127. The molecule has 2 rings (SSSR count). The van der Waals surface area contributed by atoms with Gasteiger partial charge in [0.2, 0.25) is 0 Å². The molecule has 0 bridgehead atoms. The van der Waals surface area contributed by atoms with Gasteiger partial charge in [-0.15, -0.1) is 24.0 Å². The third-order valence-electron chi connectivity index (χ3n) is 3.55. The third-order valence-corrected chi connectivity index (χ3v) is 4.28. The number of thiophene rings is 1. The van der Waals surface area contributed by atoms with Crippen LogP contribution < -0.4 is 14.8 Å². The molecule has 1 N–H and O–H groups in total. The molecule has 0 aliphatic heterocycles. The van der Waals surface area contributed by atoms with Crippen LogP contribution in [0.1, 0.15) is 18.1 Å². The number of benzene rings is 1. The molecular weight excluding hydrogens is 449 g/mol. The maximum Gasteiger partial charge on any atom is 0.193 e. The van der Waals surface area contributed by atoms with Crippen molar-refractivity contribution in [1.82, 2.24) is 10.2 Å². The summed E-state index contributed by atoms with van der Waals surface area (Å²) in [6, 6.07) is 8.09. The SMILES string of the molecule is CCOc1cc(CNC(=NC)N(C)Cc2ccsc2)ccc1OC.I. The maximum atomic E-state index is 5.63. The molecule has 1 heterocycles. The van der Waals surface area contributed by atoms with E-state index in [4.69, 9.17) is 9.47 Å². The Hall–Kier alpha value is -1.48. The monoisotopic (exact) mass is 475 g/mol. The first-order valence-electron chi connectivity index (χ1n) is 7.90. The Morgan fingerprint density at radius 1 is 1.24 bits per heavy atom. The topological polar surface area (TPSA) is 46.1 Å². The number of guanidine groups is 1. The maximum absolute atomic E-state index is 5.63. The summed E-state index contributed by atoms with van der Waals surface area (Å²) in [5.74, 6) is 2.37. The van der Waals surface area contributed by atoms with E-state index >= 15 is 0 Å². The average molecular weight is 475 g/mol. The minimum absolute atomic E-state index is 0. The Kier molecular flexibility index (Phi) is 9.66. The van der Waals surface area contributed by atoms with Gasteiger partial charge in [0.25, 0.3) is 0 Å². The number of hydrogen-bond donors (Lipinski definition) is 1. The third kappa shape index (κ3) is 6.39. The van der Waals surface area contributed by atoms with Crippen LogP contribution in [-0.2, 0) is 13.1 Å². The lowest BCUT2D eigenvalue weighted by Gasteiger charge is -2.22. The zero-order valence-corrected chi connectivity index (χ0v) is 18.3. The van der Waals surface area contributed by atoms with E-state index in [0.717, 1.165) is 29.6 Å². The van der Waals surface area contributed by atoms with Gasteiger partial charge in [-0.1, -0.05) is 6.07 Å². The van der Waals surface area contributed by atoms with Crippen molar-refractivity contribution in [1.29, 1.82) is 0 Å². The fourth-order valence-electron chi connectivity index (χ4n) is 2.40. The molecular formula is C18H26IN3O2S. The second-order valence-corrected chi connectivity index (χ2v) is 6.09. The molecule has 0 unspecified atom stereocenters. The highest BCUT2D eigenvalue weighted by Gasteiger charge is 2.09. The van der Waals surface area contributed by atoms with Crippen LogP contribution in [0, 0.1) is 0 Å². The summed E-state index contributed by atoms with van der Waals surface area (Å²) in [6.45, 7) is 4.07. The second kappa shape index (κ2) is 11.2. The molecule has 0 atom stereocenters. The van der Waals surface area contributed by atoms with Gasteiger partial charge in [0.1, 0.15) is 0 Å². The minimum Gasteiger partial charge on any atom is -0.493 e. The summed E-state index contributed by atoms with van der Waals surface area (Å²) in [7, 11) is 5.48. The lowest BCUT2D eigenvalue weighted by molar-refractivity contribution is 0.310. The van der Waals surface area contributed by atoms with E-state index in [1.54, 1.807) is 25.5 Å². The van der Waals surface area contributed by atoms with Crippen molar-refractivity contribution in [2.75, 3.05) is 27.8 Å². The standard InChI is InChI=1S/C18H25N3O2S.HI/c1-5-23-17-10-14(6-7-16(17)22-4)11-20-18(19-2)21(3)12-15-8-9-24-13-15;/h6-10,13H,5,11-12H2,1-4H3,(H,19,20);1H. The Labute approximate surface area is 171 Å². The number of halogens is 1. The van der Waals surface area contributed by atoms with Crippen LogP contribution in [0.2, 0.25) is 0 Å². The smallest absolute Gasteiger partial charge is 0.193 e. The highest BCUT2D eigenvalue weighted by Crippen LogP contribution is 2.28. The highest BCUT2D eigenvalue weighted by molar-refractivity contribution is 14.0. The van der Waals surface area contributed by atoms with E-state index in [9.17, 15) is 0 Å². The number of rotatable bonds is 7. The van der Waals surface area contributed by atoms with Crippen LogP contribution in [0.4, 0.5) is 0 Å². The fourth-order valence-corrected chi connectivity index (χ4v) is 3.06. The van der Waals surface area contributed by atoms with Crippen molar-refractivity contribution >= 4 is 41.3 Å². The van der Waals surface area contributed by atoms with Gasteiger partial charge in [-0.25, -0.2) is 0 Å². The first kappa shape index (κ1) is 21.6. The van der Waals surface area contributed by atoms with E-state index in [1.807, 2.05) is 32.2 Å². The number of aliphatic imine (C=N–C) groups is 1. The fraction of sp³-hybridized carbons (Fsp3) is 0.389. The van der Waals surface area contributed by atoms with Crippen LogP contribution in [0.3, 0.4) is 0 Å². The summed E-state index contributed by atoms with van der Waals surface area (Å²) >= 11 is 1.71. The Bertz CT molecular complexity index is 662. The molecule has 0 aliphatic carbocycles. The van der Waals surface area contributed by atoms with Gasteiger partial charge >= 0.3 is 0 Å². The van der Waals surface area contributed by atoms with Gasteiger partial charge in [0, 0.05) is 27.2 Å². The van der Waals surface area contributed by atoms with Gasteiger partial charge in [0.15, 0.2) is 17.5 Å². The largest absolute Gasteiger partial charge is 0.493 e. The predicted molar refractivity (Wildman–Crippen MR) is 116 cm³/mol. The van der Waals surface area contributed by atoms with Gasteiger partial charge in [-0.05, 0) is 47.0 Å². The molecule has 0 aliphatic rings. The molecule has 138 valence electrons. The molecule has 0 amide bonds. The van der Waals surface area contributed by atoms with Crippen LogP contribution in [0.25, 0.3) is 0 Å². The zero-order chi connectivity index (χ0) is 17.4. The number of methoxy groups -OCH3 is 1. The number of nitrogens with one attached hydrogen (secondary N) is 1. The zero-order valence-electron chi connectivity index (χ0n) is 15.1. The predicted octanol–water partition coefficient (Wildman–Crippen LogP) is 3.98. The van der Waals surface area contributed by atoms with E-state index in [0.29, 0.717) is 13.2 Å². The van der Waals surface area contributed by atoms with Crippen molar-refractivity contribution < 1.29 is 9.47 Å². The van der Waals surface area contributed by atoms with Crippen molar-refractivity contribution in [2.24, 2.45) is 4.99 Å². The molecule has 0 saturated carbocycles. The Balaban J connectivity index is 0.00000312. The van der Waals surface area contributed by atoms with Crippen LogP contribution >= 0.6 is 35.3 Å². The summed E-state index contributed by atoms with van der Waals surface area (Å²) < 4.78 is 10.9. The molecule has 25 heavy (non-hydrogen) atoms. The Morgan fingerprint density at radius 2 is 2.04 bits per heavy atom. The van der Waals surface area contributed by atoms with E-state index < -0.39 is 0 Å². The summed E-state index contributed by atoms with van der Waals surface area (Å²) in [5, 5.41) is 7.63. The molecule has 1 aromatic carbocycles. The van der Waals surface area contributed by atoms with E-state index in [-0.39, 0.29) is 24.0 Å². The first-order valence-corrected chi connectivity index (χ1v) is 8.84.